The lowest BCUT2D eigenvalue weighted by Gasteiger charge is -2.18. The molecular formula is C14H18N2. The lowest BCUT2D eigenvalue weighted by Crippen LogP contribution is -2.05. The molecule has 0 amide bonds. The first-order chi connectivity index (χ1) is 7.81. The van der Waals surface area contributed by atoms with E-state index in [-0.39, 0.29) is 0 Å². The zero-order chi connectivity index (χ0) is 11.1. The molecule has 0 fully saturated rings. The van der Waals surface area contributed by atoms with E-state index in [2.05, 4.69) is 30.1 Å². The standard InChI is InChI=1S/C14H18N2/c1-9-4-2-6-11-12-7-3-5-10(8-15)14(12)16-13(9)11/h3,5,7,9,16H,2,4,6,8,15H2,1H3. The number of nitrogens with one attached hydrogen (secondary N) is 1. The monoisotopic (exact) mass is 214 g/mol. The van der Waals surface area contributed by atoms with Gasteiger partial charge in [0.15, 0.2) is 0 Å². The Morgan fingerprint density at radius 2 is 2.31 bits per heavy atom. The summed E-state index contributed by atoms with van der Waals surface area (Å²) >= 11 is 0. The van der Waals surface area contributed by atoms with Crippen molar-refractivity contribution >= 4 is 10.9 Å². The van der Waals surface area contributed by atoms with Crippen molar-refractivity contribution in [3.05, 3.63) is 35.0 Å². The fourth-order valence-corrected chi connectivity index (χ4v) is 2.94. The van der Waals surface area contributed by atoms with Gasteiger partial charge in [0.05, 0.1) is 5.52 Å². The van der Waals surface area contributed by atoms with E-state index >= 15 is 0 Å². The molecule has 1 heterocycles. The van der Waals surface area contributed by atoms with Crippen LogP contribution in [0.1, 0.15) is 42.5 Å². The van der Waals surface area contributed by atoms with Gasteiger partial charge in [0.1, 0.15) is 0 Å². The van der Waals surface area contributed by atoms with E-state index in [9.17, 15) is 0 Å². The van der Waals surface area contributed by atoms with E-state index < -0.39 is 0 Å². The van der Waals surface area contributed by atoms with Gasteiger partial charge in [0.2, 0.25) is 0 Å². The van der Waals surface area contributed by atoms with Crippen LogP contribution in [0.5, 0.6) is 0 Å². The van der Waals surface area contributed by atoms with Gasteiger partial charge < -0.3 is 10.7 Å². The predicted octanol–water partition coefficient (Wildman–Crippen LogP) is 3.07. The molecule has 0 bridgehead atoms. The SMILES string of the molecule is CC1CCCc2c1[nH]c1c(CN)cccc21. The van der Waals surface area contributed by atoms with Crippen LogP contribution in [0.25, 0.3) is 10.9 Å². The van der Waals surface area contributed by atoms with Gasteiger partial charge in [-0.05, 0) is 36.3 Å². The Labute approximate surface area is 95.8 Å². The van der Waals surface area contributed by atoms with Gasteiger partial charge in [-0.25, -0.2) is 0 Å². The Balaban J connectivity index is 2.31. The van der Waals surface area contributed by atoms with Gasteiger partial charge >= 0.3 is 0 Å². The molecule has 3 N–H and O–H groups in total. The molecule has 1 aliphatic rings. The van der Waals surface area contributed by atoms with Gasteiger partial charge in [-0.2, -0.15) is 0 Å². The largest absolute Gasteiger partial charge is 0.358 e. The number of fused-ring (bicyclic) bond motifs is 3. The number of benzene rings is 1. The molecule has 3 rings (SSSR count). The van der Waals surface area contributed by atoms with Crippen LogP contribution >= 0.6 is 0 Å². The Kier molecular flexibility index (Phi) is 2.25. The predicted molar refractivity (Wildman–Crippen MR) is 67.5 cm³/mol. The van der Waals surface area contributed by atoms with Gasteiger partial charge in [0.25, 0.3) is 0 Å². The maximum atomic E-state index is 5.79. The molecule has 2 nitrogen and oxygen atoms in total. The second-order valence-electron chi connectivity index (χ2n) is 4.85. The summed E-state index contributed by atoms with van der Waals surface area (Å²) < 4.78 is 0. The highest BCUT2D eigenvalue weighted by Gasteiger charge is 2.21. The van der Waals surface area contributed by atoms with Crippen molar-refractivity contribution in [1.82, 2.24) is 4.98 Å². The number of rotatable bonds is 1. The number of aromatic amines is 1. The highest BCUT2D eigenvalue weighted by atomic mass is 14.7. The lowest BCUT2D eigenvalue weighted by atomic mass is 9.88. The van der Waals surface area contributed by atoms with E-state index in [4.69, 9.17) is 5.73 Å². The smallest absolute Gasteiger partial charge is 0.0504 e. The van der Waals surface area contributed by atoms with Crippen molar-refractivity contribution in [2.75, 3.05) is 0 Å². The maximum absolute atomic E-state index is 5.79. The van der Waals surface area contributed by atoms with Crippen LogP contribution in [0, 0.1) is 0 Å². The fraction of sp³-hybridized carbons (Fsp3) is 0.429. The van der Waals surface area contributed by atoms with Crippen LogP contribution in [-0.4, -0.2) is 4.98 Å². The number of nitrogens with two attached hydrogens (primary N) is 1. The van der Waals surface area contributed by atoms with Crippen LogP contribution < -0.4 is 5.73 Å². The van der Waals surface area contributed by atoms with Gasteiger partial charge in [-0.3, -0.25) is 0 Å². The molecule has 1 atom stereocenters. The minimum Gasteiger partial charge on any atom is -0.358 e. The number of aromatic nitrogens is 1. The summed E-state index contributed by atoms with van der Waals surface area (Å²) in [5.74, 6) is 0.668. The summed E-state index contributed by atoms with van der Waals surface area (Å²) in [6.45, 7) is 2.93. The van der Waals surface area contributed by atoms with Crippen molar-refractivity contribution in [2.45, 2.75) is 38.6 Å². The zero-order valence-electron chi connectivity index (χ0n) is 9.72. The summed E-state index contributed by atoms with van der Waals surface area (Å²) in [5, 5.41) is 1.39. The van der Waals surface area contributed by atoms with Crippen molar-refractivity contribution in [1.29, 1.82) is 0 Å². The average molecular weight is 214 g/mol. The number of hydrogen-bond donors (Lipinski definition) is 2. The molecule has 0 saturated heterocycles. The van der Waals surface area contributed by atoms with Crippen molar-refractivity contribution in [3.63, 3.8) is 0 Å². The highest BCUT2D eigenvalue weighted by Crippen LogP contribution is 2.36. The molecule has 2 aromatic rings. The molecule has 1 unspecified atom stereocenters. The van der Waals surface area contributed by atoms with Crippen LogP contribution in [0.2, 0.25) is 0 Å². The molecule has 0 radical (unpaired) electrons. The summed E-state index contributed by atoms with van der Waals surface area (Å²) in [6, 6.07) is 6.47. The summed E-state index contributed by atoms with van der Waals surface area (Å²) in [4.78, 5) is 3.61. The van der Waals surface area contributed by atoms with E-state index in [1.807, 2.05) is 0 Å². The molecule has 0 aliphatic heterocycles. The third kappa shape index (κ3) is 1.30. The Bertz CT molecular complexity index is 525. The molecule has 84 valence electrons. The number of H-pyrrole nitrogens is 1. The Hall–Kier alpha value is -1.28. The quantitative estimate of drug-likeness (QED) is 0.752. The molecule has 16 heavy (non-hydrogen) atoms. The summed E-state index contributed by atoms with van der Waals surface area (Å²) in [6.07, 6.45) is 3.83. The first-order valence-electron chi connectivity index (χ1n) is 6.13. The van der Waals surface area contributed by atoms with Gasteiger partial charge in [-0.1, -0.05) is 25.1 Å². The van der Waals surface area contributed by atoms with Crippen LogP contribution in [-0.2, 0) is 13.0 Å². The molecule has 2 heteroatoms. The molecule has 0 spiro atoms. The average Bonchev–Trinajstić information content (AvgIpc) is 2.69. The highest BCUT2D eigenvalue weighted by molar-refractivity contribution is 5.87. The number of para-hydroxylation sites is 1. The zero-order valence-corrected chi connectivity index (χ0v) is 9.72. The maximum Gasteiger partial charge on any atom is 0.0504 e. The van der Waals surface area contributed by atoms with E-state index in [1.54, 1.807) is 0 Å². The second-order valence-corrected chi connectivity index (χ2v) is 4.85. The third-order valence-electron chi connectivity index (χ3n) is 3.84. The topological polar surface area (TPSA) is 41.8 Å². The van der Waals surface area contributed by atoms with E-state index in [1.165, 1.54) is 47.0 Å². The molecule has 0 saturated carbocycles. The molecular weight excluding hydrogens is 196 g/mol. The van der Waals surface area contributed by atoms with Crippen LogP contribution in [0.3, 0.4) is 0 Å². The molecule has 1 aromatic carbocycles. The van der Waals surface area contributed by atoms with Crippen molar-refractivity contribution in [2.24, 2.45) is 5.73 Å². The summed E-state index contributed by atoms with van der Waals surface area (Å²) in [5.41, 5.74) is 11.3. The minimum absolute atomic E-state index is 0.616. The Morgan fingerprint density at radius 1 is 1.44 bits per heavy atom. The normalized spacial score (nSPS) is 20.0. The van der Waals surface area contributed by atoms with Crippen molar-refractivity contribution < 1.29 is 0 Å². The minimum atomic E-state index is 0.616. The second kappa shape index (κ2) is 3.63. The van der Waals surface area contributed by atoms with Crippen LogP contribution in [0.15, 0.2) is 18.2 Å². The van der Waals surface area contributed by atoms with Gasteiger partial charge in [0, 0.05) is 17.6 Å². The molecule has 1 aromatic heterocycles. The Morgan fingerprint density at radius 3 is 3.12 bits per heavy atom. The molecule has 1 aliphatic carbocycles. The lowest BCUT2D eigenvalue weighted by molar-refractivity contribution is 0.582. The van der Waals surface area contributed by atoms with Crippen LogP contribution in [0.4, 0.5) is 0 Å². The van der Waals surface area contributed by atoms with Crippen molar-refractivity contribution in [3.8, 4) is 0 Å². The number of hydrogen-bond acceptors (Lipinski definition) is 1. The van der Waals surface area contributed by atoms with E-state index in [0.717, 1.165) is 0 Å². The number of aryl methyl sites for hydroxylation is 1. The first-order valence-corrected chi connectivity index (χ1v) is 6.13. The van der Waals surface area contributed by atoms with Gasteiger partial charge in [-0.15, -0.1) is 0 Å². The third-order valence-corrected chi connectivity index (χ3v) is 3.84. The first kappa shape index (κ1) is 9.91. The summed E-state index contributed by atoms with van der Waals surface area (Å²) in [7, 11) is 0. The fourth-order valence-electron chi connectivity index (χ4n) is 2.94. The van der Waals surface area contributed by atoms with E-state index in [0.29, 0.717) is 12.5 Å².